The van der Waals surface area contributed by atoms with Crippen LogP contribution in [0.2, 0.25) is 0 Å². The van der Waals surface area contributed by atoms with Crippen molar-refractivity contribution in [3.63, 3.8) is 0 Å². The van der Waals surface area contributed by atoms with E-state index in [1.807, 2.05) is 30.3 Å². The molecule has 0 saturated heterocycles. The average Bonchev–Trinajstić information content (AvgIpc) is 2.59. The Hall–Kier alpha value is -2.80. The van der Waals surface area contributed by atoms with E-state index in [4.69, 9.17) is 10.00 Å². The summed E-state index contributed by atoms with van der Waals surface area (Å²) in [7, 11) is 1.62. The van der Waals surface area contributed by atoms with Crippen molar-refractivity contribution in [3.05, 3.63) is 65.2 Å². The Morgan fingerprint density at radius 2 is 1.87 bits per heavy atom. The van der Waals surface area contributed by atoms with Crippen LogP contribution in [-0.2, 0) is 0 Å². The van der Waals surface area contributed by atoms with Crippen molar-refractivity contribution >= 4 is 5.91 Å². The standard InChI is InChI=1S/C19H20N2O2/c1-13(2)18(15-7-9-17(23-3)10-8-15)21-19(22)16-6-4-5-14(11-16)12-20/h4-11,13,18H,1-3H3,(H,21,22). The van der Waals surface area contributed by atoms with Crippen LogP contribution in [0.3, 0.4) is 0 Å². The Balaban J connectivity index is 2.21. The van der Waals surface area contributed by atoms with Crippen LogP contribution in [0.25, 0.3) is 0 Å². The number of nitrogens with zero attached hydrogens (tertiary/aromatic N) is 1. The van der Waals surface area contributed by atoms with Gasteiger partial charge >= 0.3 is 0 Å². The first-order valence-corrected chi connectivity index (χ1v) is 7.50. The number of methoxy groups -OCH3 is 1. The summed E-state index contributed by atoms with van der Waals surface area (Å²) >= 11 is 0. The molecule has 0 radical (unpaired) electrons. The molecule has 0 bridgehead atoms. The molecule has 1 amide bonds. The third-order valence-electron chi connectivity index (χ3n) is 3.68. The smallest absolute Gasteiger partial charge is 0.251 e. The maximum Gasteiger partial charge on any atom is 0.251 e. The van der Waals surface area contributed by atoms with E-state index < -0.39 is 0 Å². The highest BCUT2D eigenvalue weighted by molar-refractivity contribution is 5.94. The molecule has 1 N–H and O–H groups in total. The molecule has 4 heteroatoms. The molecule has 23 heavy (non-hydrogen) atoms. The summed E-state index contributed by atoms with van der Waals surface area (Å²) in [5, 5.41) is 12.0. The Bertz CT molecular complexity index is 715. The van der Waals surface area contributed by atoms with Gasteiger partial charge in [0.2, 0.25) is 0 Å². The van der Waals surface area contributed by atoms with Crippen LogP contribution in [0.1, 0.15) is 41.4 Å². The van der Waals surface area contributed by atoms with Gasteiger partial charge in [-0.15, -0.1) is 0 Å². The number of benzene rings is 2. The minimum absolute atomic E-state index is 0.112. The number of carbonyl (C=O) groups excluding carboxylic acids is 1. The van der Waals surface area contributed by atoms with Crippen LogP contribution in [0.4, 0.5) is 0 Å². The van der Waals surface area contributed by atoms with Crippen LogP contribution in [-0.4, -0.2) is 13.0 Å². The van der Waals surface area contributed by atoms with Gasteiger partial charge in [-0.3, -0.25) is 4.79 Å². The first kappa shape index (κ1) is 16.6. The zero-order valence-electron chi connectivity index (χ0n) is 13.5. The monoisotopic (exact) mass is 308 g/mol. The van der Waals surface area contributed by atoms with E-state index in [9.17, 15) is 4.79 Å². The van der Waals surface area contributed by atoms with E-state index in [-0.39, 0.29) is 17.9 Å². The summed E-state index contributed by atoms with van der Waals surface area (Å²) in [4.78, 5) is 12.5. The largest absolute Gasteiger partial charge is 0.497 e. The van der Waals surface area contributed by atoms with Crippen molar-refractivity contribution in [1.82, 2.24) is 5.32 Å². The quantitative estimate of drug-likeness (QED) is 0.916. The Kier molecular flexibility index (Phi) is 5.37. The number of ether oxygens (including phenoxy) is 1. The maximum absolute atomic E-state index is 12.5. The lowest BCUT2D eigenvalue weighted by Crippen LogP contribution is -2.31. The van der Waals surface area contributed by atoms with Crippen LogP contribution in [0.5, 0.6) is 5.75 Å². The van der Waals surface area contributed by atoms with Gasteiger partial charge < -0.3 is 10.1 Å². The maximum atomic E-state index is 12.5. The highest BCUT2D eigenvalue weighted by Gasteiger charge is 2.19. The van der Waals surface area contributed by atoms with E-state index in [2.05, 4.69) is 19.2 Å². The number of nitriles is 1. The fourth-order valence-corrected chi connectivity index (χ4v) is 2.40. The molecule has 0 spiro atoms. The zero-order valence-corrected chi connectivity index (χ0v) is 13.5. The topological polar surface area (TPSA) is 62.1 Å². The first-order valence-electron chi connectivity index (χ1n) is 7.50. The summed E-state index contributed by atoms with van der Waals surface area (Å²) < 4.78 is 5.17. The lowest BCUT2D eigenvalue weighted by Gasteiger charge is -2.23. The van der Waals surface area contributed by atoms with Crippen LogP contribution >= 0.6 is 0 Å². The summed E-state index contributed by atoms with van der Waals surface area (Å²) in [6.45, 7) is 4.11. The highest BCUT2D eigenvalue weighted by atomic mass is 16.5. The predicted molar refractivity (Wildman–Crippen MR) is 89.2 cm³/mol. The van der Waals surface area contributed by atoms with Crippen molar-refractivity contribution in [2.75, 3.05) is 7.11 Å². The van der Waals surface area contributed by atoms with Gasteiger partial charge in [0.05, 0.1) is 24.8 Å². The number of nitrogens with one attached hydrogen (secondary N) is 1. The van der Waals surface area contributed by atoms with Crippen molar-refractivity contribution in [2.45, 2.75) is 19.9 Å². The predicted octanol–water partition coefficient (Wildman–Crippen LogP) is 3.69. The molecule has 0 aromatic heterocycles. The third-order valence-corrected chi connectivity index (χ3v) is 3.68. The molecule has 2 aromatic carbocycles. The second-order valence-corrected chi connectivity index (χ2v) is 5.66. The van der Waals surface area contributed by atoms with Gasteiger partial charge in [0.1, 0.15) is 5.75 Å². The normalized spacial score (nSPS) is 11.6. The van der Waals surface area contributed by atoms with Crippen molar-refractivity contribution in [1.29, 1.82) is 5.26 Å². The van der Waals surface area contributed by atoms with Gasteiger partial charge in [-0.2, -0.15) is 5.26 Å². The molecular formula is C19H20N2O2. The van der Waals surface area contributed by atoms with Crippen LogP contribution in [0.15, 0.2) is 48.5 Å². The number of carbonyl (C=O) groups is 1. The summed E-state index contributed by atoms with van der Waals surface area (Å²) in [5.74, 6) is 0.826. The molecule has 0 aliphatic rings. The molecular weight excluding hydrogens is 288 g/mol. The van der Waals surface area contributed by atoms with E-state index in [0.29, 0.717) is 11.1 Å². The lowest BCUT2D eigenvalue weighted by atomic mass is 9.95. The van der Waals surface area contributed by atoms with Crippen LogP contribution < -0.4 is 10.1 Å². The van der Waals surface area contributed by atoms with Gasteiger partial charge in [-0.25, -0.2) is 0 Å². The second kappa shape index (κ2) is 7.46. The van der Waals surface area contributed by atoms with E-state index in [1.54, 1.807) is 31.4 Å². The first-order chi connectivity index (χ1) is 11.0. The Morgan fingerprint density at radius 3 is 2.43 bits per heavy atom. The highest BCUT2D eigenvalue weighted by Crippen LogP contribution is 2.24. The summed E-state index contributed by atoms with van der Waals surface area (Å²) in [5.41, 5.74) is 1.98. The number of amides is 1. The Morgan fingerprint density at radius 1 is 1.17 bits per heavy atom. The van der Waals surface area contributed by atoms with Crippen molar-refractivity contribution in [3.8, 4) is 11.8 Å². The SMILES string of the molecule is COc1ccc(C(NC(=O)c2cccc(C#N)c2)C(C)C)cc1. The second-order valence-electron chi connectivity index (χ2n) is 5.66. The fourth-order valence-electron chi connectivity index (χ4n) is 2.40. The van der Waals surface area contributed by atoms with Crippen LogP contribution in [0, 0.1) is 17.2 Å². The molecule has 2 rings (SSSR count). The molecule has 2 aromatic rings. The average molecular weight is 308 g/mol. The third kappa shape index (κ3) is 4.10. The number of hydrogen-bond acceptors (Lipinski definition) is 3. The van der Waals surface area contributed by atoms with Crippen molar-refractivity contribution in [2.24, 2.45) is 5.92 Å². The van der Waals surface area contributed by atoms with Crippen molar-refractivity contribution < 1.29 is 9.53 Å². The minimum Gasteiger partial charge on any atom is -0.497 e. The van der Waals surface area contributed by atoms with Gasteiger partial charge in [0, 0.05) is 5.56 Å². The minimum atomic E-state index is -0.184. The summed E-state index contributed by atoms with van der Waals surface area (Å²) in [6.07, 6.45) is 0. The van der Waals surface area contributed by atoms with Gasteiger partial charge in [0.25, 0.3) is 5.91 Å². The molecule has 1 atom stereocenters. The molecule has 0 saturated carbocycles. The number of rotatable bonds is 5. The van der Waals surface area contributed by atoms with Gasteiger partial charge in [-0.05, 0) is 41.8 Å². The molecule has 118 valence electrons. The molecule has 4 nitrogen and oxygen atoms in total. The summed E-state index contributed by atoms with van der Waals surface area (Å²) in [6, 6.07) is 16.3. The van der Waals surface area contributed by atoms with Gasteiger partial charge in [0.15, 0.2) is 0 Å². The van der Waals surface area contributed by atoms with Gasteiger partial charge in [-0.1, -0.05) is 32.0 Å². The van der Waals surface area contributed by atoms with E-state index >= 15 is 0 Å². The fraction of sp³-hybridized carbons (Fsp3) is 0.263. The molecule has 1 unspecified atom stereocenters. The van der Waals surface area contributed by atoms with E-state index in [1.165, 1.54) is 0 Å². The van der Waals surface area contributed by atoms with E-state index in [0.717, 1.165) is 11.3 Å². The molecule has 0 aliphatic carbocycles. The Labute approximate surface area is 136 Å². The molecule has 0 fully saturated rings. The zero-order chi connectivity index (χ0) is 16.8. The molecule has 0 heterocycles. The lowest BCUT2D eigenvalue weighted by molar-refractivity contribution is 0.0925. The number of hydrogen-bond donors (Lipinski definition) is 1. The molecule has 0 aliphatic heterocycles.